The van der Waals surface area contributed by atoms with Crippen molar-refractivity contribution in [2.45, 2.75) is 39.0 Å². The lowest BCUT2D eigenvalue weighted by Gasteiger charge is -2.18. The fourth-order valence-corrected chi connectivity index (χ4v) is 5.36. The summed E-state index contributed by atoms with van der Waals surface area (Å²) in [5, 5.41) is 0.859. The molecule has 4 rings (SSSR count). The summed E-state index contributed by atoms with van der Waals surface area (Å²) in [4.78, 5) is 23.3. The van der Waals surface area contributed by atoms with Crippen LogP contribution in [0.4, 0.5) is 5.69 Å². The van der Waals surface area contributed by atoms with Crippen molar-refractivity contribution in [3.63, 3.8) is 0 Å². The van der Waals surface area contributed by atoms with Gasteiger partial charge in [0.1, 0.15) is 9.71 Å². The van der Waals surface area contributed by atoms with Crippen molar-refractivity contribution in [3.05, 3.63) is 27.3 Å². The van der Waals surface area contributed by atoms with E-state index in [9.17, 15) is 4.79 Å². The van der Waals surface area contributed by atoms with E-state index < -0.39 is 5.91 Å². The lowest BCUT2D eigenvalue weighted by molar-refractivity contribution is 0.100. The number of pyridine rings is 1. The van der Waals surface area contributed by atoms with Crippen molar-refractivity contribution >= 4 is 44.5 Å². The zero-order valence-corrected chi connectivity index (χ0v) is 15.4. The highest BCUT2D eigenvalue weighted by atomic mass is 32.1. The number of primary amides is 1. The summed E-state index contributed by atoms with van der Waals surface area (Å²) >= 11 is 2.89. The minimum Gasteiger partial charge on any atom is -0.397 e. The van der Waals surface area contributed by atoms with Gasteiger partial charge in [-0.2, -0.15) is 0 Å². The summed E-state index contributed by atoms with van der Waals surface area (Å²) in [5.74, 6) is -0.498. The van der Waals surface area contributed by atoms with E-state index in [2.05, 4.69) is 18.8 Å². The maximum absolute atomic E-state index is 11.8. The van der Waals surface area contributed by atoms with E-state index in [1.807, 2.05) is 12.4 Å². The van der Waals surface area contributed by atoms with Crippen LogP contribution in [0, 0.1) is 6.92 Å². The van der Waals surface area contributed by atoms with E-state index >= 15 is 0 Å². The zero-order valence-electron chi connectivity index (χ0n) is 13.8. The molecule has 1 aliphatic rings. The molecule has 0 spiro atoms. The Morgan fingerprint density at radius 3 is 2.75 bits per heavy atom. The van der Waals surface area contributed by atoms with E-state index in [1.165, 1.54) is 16.9 Å². The van der Waals surface area contributed by atoms with Gasteiger partial charge in [-0.3, -0.25) is 4.79 Å². The standard InChI is InChI=1S/C17H18N4OS2/c1-7-12(23-6-20-7)9-8-4-5-17(2,3)14(8)21-16-10(9)11(18)13(24-16)15(19)22/h6H,4-5,18H2,1-3H3,(H2,19,22). The maximum Gasteiger partial charge on any atom is 0.260 e. The van der Waals surface area contributed by atoms with Crippen LogP contribution in [0.5, 0.6) is 0 Å². The molecule has 0 saturated heterocycles. The molecule has 7 heteroatoms. The molecule has 0 bridgehead atoms. The predicted octanol–water partition coefficient (Wildman–Crippen LogP) is 3.63. The highest BCUT2D eigenvalue weighted by Crippen LogP contribution is 2.49. The topological polar surface area (TPSA) is 94.9 Å². The normalized spacial score (nSPS) is 15.8. The van der Waals surface area contributed by atoms with Gasteiger partial charge >= 0.3 is 0 Å². The van der Waals surface area contributed by atoms with Crippen LogP contribution in [-0.4, -0.2) is 15.9 Å². The second-order valence-electron chi connectivity index (χ2n) is 6.85. The maximum atomic E-state index is 11.8. The molecular weight excluding hydrogens is 340 g/mol. The summed E-state index contributed by atoms with van der Waals surface area (Å²) in [6.45, 7) is 6.43. The summed E-state index contributed by atoms with van der Waals surface area (Å²) in [6, 6.07) is 0. The monoisotopic (exact) mass is 358 g/mol. The Labute approximate surface area is 147 Å². The number of fused-ring (bicyclic) bond motifs is 2. The molecule has 1 aliphatic carbocycles. The van der Waals surface area contributed by atoms with Gasteiger partial charge in [-0.15, -0.1) is 22.7 Å². The Kier molecular flexibility index (Phi) is 3.24. The number of rotatable bonds is 2. The first-order valence-electron chi connectivity index (χ1n) is 7.77. The van der Waals surface area contributed by atoms with Crippen LogP contribution in [-0.2, 0) is 11.8 Å². The number of carbonyl (C=O) groups excluding carboxylic acids is 1. The van der Waals surface area contributed by atoms with Crippen LogP contribution in [0.25, 0.3) is 20.7 Å². The fraction of sp³-hybridized carbons (Fsp3) is 0.353. The highest BCUT2D eigenvalue weighted by molar-refractivity contribution is 7.21. The number of nitrogen functional groups attached to an aromatic ring is 1. The number of nitrogens with zero attached hydrogens (tertiary/aromatic N) is 2. The molecule has 1 amide bonds. The molecule has 4 N–H and O–H groups in total. The third-order valence-electron chi connectivity index (χ3n) is 4.81. The molecule has 24 heavy (non-hydrogen) atoms. The lowest BCUT2D eigenvalue weighted by atomic mass is 9.89. The minimum atomic E-state index is -0.498. The van der Waals surface area contributed by atoms with Gasteiger partial charge < -0.3 is 11.5 Å². The number of thiophene rings is 1. The molecule has 0 fully saturated rings. The van der Waals surface area contributed by atoms with E-state index in [1.54, 1.807) is 11.3 Å². The van der Waals surface area contributed by atoms with Crippen LogP contribution in [0.2, 0.25) is 0 Å². The number of nitrogens with two attached hydrogens (primary N) is 2. The van der Waals surface area contributed by atoms with E-state index in [-0.39, 0.29) is 5.41 Å². The average Bonchev–Trinajstić information content (AvgIpc) is 3.16. The van der Waals surface area contributed by atoms with Gasteiger partial charge in [0.05, 0.1) is 27.5 Å². The largest absolute Gasteiger partial charge is 0.397 e. The average molecular weight is 358 g/mol. The van der Waals surface area contributed by atoms with Gasteiger partial charge in [-0.1, -0.05) is 13.8 Å². The molecule has 0 unspecified atom stereocenters. The summed E-state index contributed by atoms with van der Waals surface area (Å²) < 4.78 is 0. The second-order valence-corrected chi connectivity index (χ2v) is 8.71. The molecule has 3 aromatic heterocycles. The van der Waals surface area contributed by atoms with Gasteiger partial charge in [-0.25, -0.2) is 9.97 Å². The van der Waals surface area contributed by atoms with Crippen LogP contribution in [0.1, 0.15) is 46.9 Å². The first-order valence-corrected chi connectivity index (χ1v) is 9.46. The quantitative estimate of drug-likeness (QED) is 0.731. The number of thiazole rings is 1. The second kappa shape index (κ2) is 5.00. The van der Waals surface area contributed by atoms with Gasteiger partial charge in [-0.05, 0) is 25.3 Å². The number of hydrogen-bond acceptors (Lipinski definition) is 6. The number of carbonyl (C=O) groups is 1. The third kappa shape index (κ3) is 2.01. The Morgan fingerprint density at radius 2 is 2.12 bits per heavy atom. The van der Waals surface area contributed by atoms with Crippen molar-refractivity contribution in [2.75, 3.05) is 5.73 Å². The molecule has 0 saturated carbocycles. The van der Waals surface area contributed by atoms with Crippen molar-refractivity contribution in [1.82, 2.24) is 9.97 Å². The molecule has 124 valence electrons. The van der Waals surface area contributed by atoms with Crippen molar-refractivity contribution in [1.29, 1.82) is 0 Å². The zero-order chi connectivity index (χ0) is 17.2. The van der Waals surface area contributed by atoms with Crippen molar-refractivity contribution in [3.8, 4) is 10.4 Å². The number of hydrogen-bond donors (Lipinski definition) is 2. The first-order chi connectivity index (χ1) is 11.3. The van der Waals surface area contributed by atoms with Gasteiger partial charge in [0.2, 0.25) is 0 Å². The SMILES string of the molecule is Cc1ncsc1-c1c2c(nc3sc(C(N)=O)c(N)c13)C(C)(C)CC2. The Bertz CT molecular complexity index is 1000. The third-order valence-corrected chi connectivity index (χ3v) is 6.87. The molecule has 0 aliphatic heterocycles. The van der Waals surface area contributed by atoms with Gasteiger partial charge in [0.25, 0.3) is 5.91 Å². The summed E-state index contributed by atoms with van der Waals surface area (Å²) in [6.07, 6.45) is 2.01. The van der Waals surface area contributed by atoms with E-state index in [4.69, 9.17) is 16.5 Å². The predicted molar refractivity (Wildman–Crippen MR) is 99.7 cm³/mol. The molecule has 0 atom stereocenters. The summed E-state index contributed by atoms with van der Waals surface area (Å²) in [5.41, 5.74) is 18.6. The number of aromatic nitrogens is 2. The Balaban J connectivity index is 2.19. The van der Waals surface area contributed by atoms with Crippen LogP contribution in [0.3, 0.4) is 0 Å². The molecule has 5 nitrogen and oxygen atoms in total. The van der Waals surface area contributed by atoms with E-state index in [0.717, 1.165) is 44.9 Å². The van der Waals surface area contributed by atoms with Gasteiger partial charge in [0.15, 0.2) is 0 Å². The van der Waals surface area contributed by atoms with Gasteiger partial charge in [0, 0.05) is 16.4 Å². The van der Waals surface area contributed by atoms with E-state index in [0.29, 0.717) is 10.6 Å². The smallest absolute Gasteiger partial charge is 0.260 e. The van der Waals surface area contributed by atoms with Crippen LogP contribution < -0.4 is 11.5 Å². The van der Waals surface area contributed by atoms with Crippen molar-refractivity contribution < 1.29 is 4.79 Å². The molecular formula is C17H18N4OS2. The molecule has 3 heterocycles. The molecule has 0 aromatic carbocycles. The Hall–Kier alpha value is -1.99. The Morgan fingerprint density at radius 1 is 1.38 bits per heavy atom. The number of amides is 1. The first kappa shape index (κ1) is 15.5. The number of aryl methyl sites for hydroxylation is 1. The molecule has 0 radical (unpaired) electrons. The highest BCUT2D eigenvalue weighted by Gasteiger charge is 2.36. The van der Waals surface area contributed by atoms with Crippen molar-refractivity contribution in [2.24, 2.45) is 5.73 Å². The number of anilines is 1. The van der Waals surface area contributed by atoms with Crippen LogP contribution in [0.15, 0.2) is 5.51 Å². The molecule has 3 aromatic rings. The summed E-state index contributed by atoms with van der Waals surface area (Å²) in [7, 11) is 0. The fourth-order valence-electron chi connectivity index (χ4n) is 3.52. The minimum absolute atomic E-state index is 0.0164. The lowest BCUT2D eigenvalue weighted by Crippen LogP contribution is -2.14. The van der Waals surface area contributed by atoms with Crippen LogP contribution >= 0.6 is 22.7 Å².